The maximum Gasteiger partial charge on any atom is -0.00179 e. The first-order valence-electron chi connectivity index (χ1n) is 4.82. The van der Waals surface area contributed by atoms with Crippen molar-refractivity contribution in [2.75, 3.05) is 13.6 Å². The zero-order valence-electron chi connectivity index (χ0n) is 8.28. The van der Waals surface area contributed by atoms with E-state index in [1.165, 1.54) is 19.4 Å². The lowest BCUT2D eigenvalue weighted by Gasteiger charge is -2.19. The van der Waals surface area contributed by atoms with E-state index in [-0.39, 0.29) is 0 Å². The summed E-state index contributed by atoms with van der Waals surface area (Å²) in [5, 5.41) is 3.27. The van der Waals surface area contributed by atoms with Gasteiger partial charge >= 0.3 is 0 Å². The van der Waals surface area contributed by atoms with Gasteiger partial charge in [-0.2, -0.15) is 0 Å². The molecule has 1 heteroatoms. The first-order chi connectivity index (χ1) is 5.17. The van der Waals surface area contributed by atoms with Crippen LogP contribution >= 0.6 is 0 Å². The molecule has 2 unspecified atom stereocenters. The Labute approximate surface area is 70.6 Å². The Morgan fingerprint density at radius 1 is 1.55 bits per heavy atom. The van der Waals surface area contributed by atoms with Crippen molar-refractivity contribution in [1.82, 2.24) is 5.32 Å². The van der Waals surface area contributed by atoms with E-state index in [4.69, 9.17) is 0 Å². The molecule has 0 aromatic carbocycles. The van der Waals surface area contributed by atoms with Crippen LogP contribution in [-0.2, 0) is 0 Å². The molecular weight excluding hydrogens is 134 g/mol. The SMILES string of the molecule is CCC1(C(C)C)CC1CNC. The second kappa shape index (κ2) is 3.14. The van der Waals surface area contributed by atoms with Crippen LogP contribution in [0.4, 0.5) is 0 Å². The Kier molecular flexibility index (Phi) is 2.58. The molecule has 1 fully saturated rings. The quantitative estimate of drug-likeness (QED) is 0.656. The summed E-state index contributed by atoms with van der Waals surface area (Å²) in [5.74, 6) is 1.82. The van der Waals surface area contributed by atoms with E-state index in [0.29, 0.717) is 5.41 Å². The molecule has 0 aliphatic heterocycles. The highest BCUT2D eigenvalue weighted by Gasteiger charge is 2.53. The molecule has 1 rings (SSSR count). The summed E-state index contributed by atoms with van der Waals surface area (Å²) in [5.41, 5.74) is 0.697. The molecule has 0 aromatic heterocycles. The van der Waals surface area contributed by atoms with E-state index in [2.05, 4.69) is 33.1 Å². The first-order valence-corrected chi connectivity index (χ1v) is 4.82. The van der Waals surface area contributed by atoms with Gasteiger partial charge in [0.15, 0.2) is 0 Å². The third-order valence-electron chi connectivity index (χ3n) is 3.54. The van der Waals surface area contributed by atoms with E-state index in [0.717, 1.165) is 11.8 Å². The molecule has 66 valence electrons. The van der Waals surface area contributed by atoms with Crippen LogP contribution in [0, 0.1) is 17.3 Å². The van der Waals surface area contributed by atoms with Crippen LogP contribution in [0.5, 0.6) is 0 Å². The Morgan fingerprint density at radius 3 is 2.45 bits per heavy atom. The van der Waals surface area contributed by atoms with Crippen LogP contribution in [0.15, 0.2) is 0 Å². The van der Waals surface area contributed by atoms with Crippen molar-refractivity contribution in [3.63, 3.8) is 0 Å². The number of hydrogen-bond acceptors (Lipinski definition) is 1. The minimum Gasteiger partial charge on any atom is -0.319 e. The summed E-state index contributed by atoms with van der Waals surface area (Å²) in [7, 11) is 2.05. The molecule has 1 nitrogen and oxygen atoms in total. The molecule has 1 aliphatic carbocycles. The number of nitrogens with one attached hydrogen (secondary N) is 1. The van der Waals surface area contributed by atoms with Gasteiger partial charge in [-0.3, -0.25) is 0 Å². The topological polar surface area (TPSA) is 12.0 Å². The summed E-state index contributed by atoms with van der Waals surface area (Å²) in [6.07, 6.45) is 2.80. The monoisotopic (exact) mass is 155 g/mol. The van der Waals surface area contributed by atoms with Crippen LogP contribution in [-0.4, -0.2) is 13.6 Å². The van der Waals surface area contributed by atoms with Gasteiger partial charge in [0.2, 0.25) is 0 Å². The molecular formula is C10H21N. The molecule has 0 aromatic rings. The normalized spacial score (nSPS) is 36.3. The van der Waals surface area contributed by atoms with Crippen LogP contribution in [0.3, 0.4) is 0 Å². The maximum atomic E-state index is 3.27. The van der Waals surface area contributed by atoms with Crippen molar-refractivity contribution < 1.29 is 0 Å². The highest BCUT2D eigenvalue weighted by Crippen LogP contribution is 2.59. The molecule has 0 amide bonds. The lowest BCUT2D eigenvalue weighted by molar-refractivity contribution is 0.310. The third kappa shape index (κ3) is 1.44. The molecule has 11 heavy (non-hydrogen) atoms. The minimum atomic E-state index is 0.697. The van der Waals surface area contributed by atoms with Gasteiger partial charge in [0.1, 0.15) is 0 Å². The van der Waals surface area contributed by atoms with Crippen molar-refractivity contribution in [3.05, 3.63) is 0 Å². The van der Waals surface area contributed by atoms with Gasteiger partial charge in [0.05, 0.1) is 0 Å². The van der Waals surface area contributed by atoms with Gasteiger partial charge in [-0.15, -0.1) is 0 Å². The predicted octanol–water partition coefficient (Wildman–Crippen LogP) is 2.28. The van der Waals surface area contributed by atoms with Crippen molar-refractivity contribution in [3.8, 4) is 0 Å². The van der Waals surface area contributed by atoms with Crippen molar-refractivity contribution >= 4 is 0 Å². The molecule has 0 spiro atoms. The van der Waals surface area contributed by atoms with Crippen LogP contribution in [0.2, 0.25) is 0 Å². The van der Waals surface area contributed by atoms with Gasteiger partial charge in [0.25, 0.3) is 0 Å². The lowest BCUT2D eigenvalue weighted by Crippen LogP contribution is -2.18. The number of rotatable bonds is 4. The van der Waals surface area contributed by atoms with E-state index < -0.39 is 0 Å². The van der Waals surface area contributed by atoms with Crippen molar-refractivity contribution in [1.29, 1.82) is 0 Å². The summed E-state index contributed by atoms with van der Waals surface area (Å²) in [6.45, 7) is 8.26. The molecule has 0 bridgehead atoms. The summed E-state index contributed by atoms with van der Waals surface area (Å²) in [6, 6.07) is 0. The van der Waals surface area contributed by atoms with E-state index in [9.17, 15) is 0 Å². The molecule has 0 radical (unpaired) electrons. The minimum absolute atomic E-state index is 0.697. The first kappa shape index (κ1) is 9.05. The van der Waals surface area contributed by atoms with Crippen LogP contribution < -0.4 is 5.32 Å². The Balaban J connectivity index is 2.43. The summed E-state index contributed by atoms with van der Waals surface area (Å²) >= 11 is 0. The zero-order valence-corrected chi connectivity index (χ0v) is 8.28. The van der Waals surface area contributed by atoms with Crippen molar-refractivity contribution in [2.24, 2.45) is 17.3 Å². The highest BCUT2D eigenvalue weighted by atomic mass is 14.8. The Bertz CT molecular complexity index is 131. The fourth-order valence-corrected chi connectivity index (χ4v) is 2.47. The zero-order chi connectivity index (χ0) is 8.48. The smallest absolute Gasteiger partial charge is 0.00179 e. The van der Waals surface area contributed by atoms with Gasteiger partial charge in [-0.25, -0.2) is 0 Å². The second-order valence-electron chi connectivity index (χ2n) is 4.20. The van der Waals surface area contributed by atoms with Gasteiger partial charge in [0, 0.05) is 0 Å². The fourth-order valence-electron chi connectivity index (χ4n) is 2.47. The lowest BCUT2D eigenvalue weighted by atomic mass is 9.87. The molecule has 0 heterocycles. The van der Waals surface area contributed by atoms with E-state index >= 15 is 0 Å². The molecule has 2 atom stereocenters. The van der Waals surface area contributed by atoms with Gasteiger partial charge in [-0.1, -0.05) is 20.8 Å². The molecule has 1 N–H and O–H groups in total. The van der Waals surface area contributed by atoms with Crippen LogP contribution in [0.1, 0.15) is 33.6 Å². The molecule has 1 aliphatic rings. The molecule has 1 saturated carbocycles. The third-order valence-corrected chi connectivity index (χ3v) is 3.54. The van der Waals surface area contributed by atoms with E-state index in [1.807, 2.05) is 0 Å². The standard InChI is InChI=1S/C10H21N/c1-5-10(8(2)3)6-9(10)7-11-4/h8-9,11H,5-7H2,1-4H3. The summed E-state index contributed by atoms with van der Waals surface area (Å²) in [4.78, 5) is 0. The largest absolute Gasteiger partial charge is 0.319 e. The number of hydrogen-bond donors (Lipinski definition) is 1. The summed E-state index contributed by atoms with van der Waals surface area (Å²) < 4.78 is 0. The fraction of sp³-hybridized carbons (Fsp3) is 1.00. The van der Waals surface area contributed by atoms with E-state index in [1.54, 1.807) is 0 Å². The Morgan fingerprint density at radius 2 is 2.18 bits per heavy atom. The Hall–Kier alpha value is -0.0400. The van der Waals surface area contributed by atoms with Crippen LogP contribution in [0.25, 0.3) is 0 Å². The van der Waals surface area contributed by atoms with Gasteiger partial charge < -0.3 is 5.32 Å². The average Bonchev–Trinajstić information content (AvgIpc) is 2.65. The highest BCUT2D eigenvalue weighted by molar-refractivity contribution is 5.03. The molecule has 0 saturated heterocycles. The second-order valence-corrected chi connectivity index (χ2v) is 4.20. The van der Waals surface area contributed by atoms with Gasteiger partial charge in [-0.05, 0) is 43.7 Å². The van der Waals surface area contributed by atoms with Crippen molar-refractivity contribution in [2.45, 2.75) is 33.6 Å². The maximum absolute atomic E-state index is 3.27. The predicted molar refractivity (Wildman–Crippen MR) is 49.6 cm³/mol. The average molecular weight is 155 g/mol.